The van der Waals surface area contributed by atoms with Gasteiger partial charge in [0.15, 0.2) is 0 Å². The molecule has 1 aromatic rings. The smallest absolute Gasteiger partial charge is 0.0948 e. The average molecular weight is 253 g/mol. The van der Waals surface area contributed by atoms with Crippen molar-refractivity contribution in [3.05, 3.63) is 18.2 Å². The summed E-state index contributed by atoms with van der Waals surface area (Å²) in [6.45, 7) is 9.06. The van der Waals surface area contributed by atoms with Crippen molar-refractivity contribution in [1.29, 1.82) is 0 Å². The first-order chi connectivity index (χ1) is 8.66. The molecule has 0 aliphatic heterocycles. The van der Waals surface area contributed by atoms with Crippen molar-refractivity contribution in [3.8, 4) is 0 Å². The fourth-order valence-electron chi connectivity index (χ4n) is 1.82. The van der Waals surface area contributed by atoms with Crippen molar-refractivity contribution in [2.75, 3.05) is 13.2 Å². The highest BCUT2D eigenvalue weighted by Gasteiger charge is 2.14. The molecule has 1 aromatic heterocycles. The zero-order valence-electron chi connectivity index (χ0n) is 11.9. The fourth-order valence-corrected chi connectivity index (χ4v) is 1.82. The maximum absolute atomic E-state index is 6.16. The highest BCUT2D eigenvalue weighted by Crippen LogP contribution is 2.18. The Kier molecular flexibility index (Phi) is 6.98. The van der Waals surface area contributed by atoms with E-state index in [0.29, 0.717) is 5.92 Å². The van der Waals surface area contributed by atoms with Gasteiger partial charge in [-0.15, -0.1) is 0 Å². The molecule has 2 N–H and O–H groups in total. The van der Waals surface area contributed by atoms with E-state index < -0.39 is 0 Å². The lowest BCUT2D eigenvalue weighted by atomic mass is 10.0. The van der Waals surface area contributed by atoms with Crippen LogP contribution in [0.15, 0.2) is 12.5 Å². The SMILES string of the molecule is CCCCOCCCn1cncc1C(N)C(C)C. The third-order valence-corrected chi connectivity index (χ3v) is 3.13. The molecule has 1 unspecified atom stereocenters. The number of aryl methyl sites for hydroxylation is 1. The number of ether oxygens (including phenoxy) is 1. The standard InChI is InChI=1S/C14H27N3O/c1-4-5-8-18-9-6-7-17-11-16-10-13(17)14(15)12(2)3/h10-12,14H,4-9,15H2,1-3H3. The molecule has 18 heavy (non-hydrogen) atoms. The van der Waals surface area contributed by atoms with Gasteiger partial charge in [-0.3, -0.25) is 0 Å². The molecule has 104 valence electrons. The first-order valence-electron chi connectivity index (χ1n) is 7.00. The van der Waals surface area contributed by atoms with Crippen LogP contribution < -0.4 is 5.73 Å². The predicted molar refractivity (Wildman–Crippen MR) is 74.3 cm³/mol. The van der Waals surface area contributed by atoms with Crippen molar-refractivity contribution in [2.24, 2.45) is 11.7 Å². The maximum atomic E-state index is 6.16. The summed E-state index contributed by atoms with van der Waals surface area (Å²) in [6.07, 6.45) is 7.09. The number of imidazole rings is 1. The van der Waals surface area contributed by atoms with Gasteiger partial charge < -0.3 is 15.0 Å². The molecule has 1 heterocycles. The number of hydrogen-bond acceptors (Lipinski definition) is 3. The van der Waals surface area contributed by atoms with Gasteiger partial charge in [-0.05, 0) is 18.8 Å². The van der Waals surface area contributed by atoms with Gasteiger partial charge in [-0.2, -0.15) is 0 Å². The maximum Gasteiger partial charge on any atom is 0.0948 e. The Morgan fingerprint density at radius 1 is 1.33 bits per heavy atom. The average Bonchev–Trinajstić information content (AvgIpc) is 2.80. The van der Waals surface area contributed by atoms with Crippen LogP contribution in [0, 0.1) is 5.92 Å². The summed E-state index contributed by atoms with van der Waals surface area (Å²) < 4.78 is 7.70. The van der Waals surface area contributed by atoms with Crippen molar-refractivity contribution in [3.63, 3.8) is 0 Å². The molecule has 4 heteroatoms. The second kappa shape index (κ2) is 8.27. The van der Waals surface area contributed by atoms with E-state index in [9.17, 15) is 0 Å². The number of hydrogen-bond donors (Lipinski definition) is 1. The lowest BCUT2D eigenvalue weighted by molar-refractivity contribution is 0.125. The summed E-state index contributed by atoms with van der Waals surface area (Å²) in [7, 11) is 0. The monoisotopic (exact) mass is 253 g/mol. The van der Waals surface area contributed by atoms with Crippen LogP contribution >= 0.6 is 0 Å². The Hall–Kier alpha value is -0.870. The van der Waals surface area contributed by atoms with E-state index in [1.54, 1.807) is 0 Å². The Morgan fingerprint density at radius 2 is 2.06 bits per heavy atom. The molecule has 0 saturated heterocycles. The van der Waals surface area contributed by atoms with E-state index in [1.807, 2.05) is 12.5 Å². The van der Waals surface area contributed by atoms with E-state index in [1.165, 1.54) is 6.42 Å². The summed E-state index contributed by atoms with van der Waals surface area (Å²) in [5.74, 6) is 0.432. The molecule has 1 atom stereocenters. The van der Waals surface area contributed by atoms with E-state index >= 15 is 0 Å². The van der Waals surface area contributed by atoms with Gasteiger partial charge in [0.05, 0.1) is 12.0 Å². The third-order valence-electron chi connectivity index (χ3n) is 3.13. The number of nitrogens with zero attached hydrogens (tertiary/aromatic N) is 2. The zero-order valence-corrected chi connectivity index (χ0v) is 11.9. The predicted octanol–water partition coefficient (Wildman–Crippen LogP) is 2.75. The number of aromatic nitrogens is 2. The molecule has 0 radical (unpaired) electrons. The number of nitrogens with two attached hydrogens (primary N) is 1. The summed E-state index contributed by atoms with van der Waals surface area (Å²) in [5.41, 5.74) is 7.28. The van der Waals surface area contributed by atoms with E-state index in [2.05, 4.69) is 30.3 Å². The topological polar surface area (TPSA) is 53.1 Å². The summed E-state index contributed by atoms with van der Waals surface area (Å²) >= 11 is 0. The van der Waals surface area contributed by atoms with Gasteiger partial charge in [0, 0.05) is 32.0 Å². The van der Waals surface area contributed by atoms with E-state index in [4.69, 9.17) is 10.5 Å². The molecule has 0 spiro atoms. The van der Waals surface area contributed by atoms with E-state index in [-0.39, 0.29) is 6.04 Å². The minimum Gasteiger partial charge on any atom is -0.381 e. The Morgan fingerprint density at radius 3 is 2.72 bits per heavy atom. The molecular weight excluding hydrogens is 226 g/mol. The minimum absolute atomic E-state index is 0.0634. The lowest BCUT2D eigenvalue weighted by Crippen LogP contribution is -2.20. The Balaban J connectivity index is 2.32. The van der Waals surface area contributed by atoms with Gasteiger partial charge in [0.1, 0.15) is 0 Å². The van der Waals surface area contributed by atoms with Crippen LogP contribution in [0.5, 0.6) is 0 Å². The second-order valence-corrected chi connectivity index (χ2v) is 5.10. The molecule has 0 bridgehead atoms. The first kappa shape index (κ1) is 15.2. The molecule has 4 nitrogen and oxygen atoms in total. The summed E-state index contributed by atoms with van der Waals surface area (Å²) in [5, 5.41) is 0. The first-order valence-corrected chi connectivity index (χ1v) is 7.00. The van der Waals surface area contributed by atoms with Gasteiger partial charge in [-0.25, -0.2) is 4.98 Å². The molecule has 0 saturated carbocycles. The van der Waals surface area contributed by atoms with Crippen molar-refractivity contribution in [2.45, 2.75) is 52.6 Å². The molecular formula is C14H27N3O. The molecule has 0 aliphatic rings. The van der Waals surface area contributed by atoms with Gasteiger partial charge in [0.2, 0.25) is 0 Å². The molecule has 1 rings (SSSR count). The normalized spacial score (nSPS) is 13.2. The van der Waals surface area contributed by atoms with Crippen LogP contribution in [-0.2, 0) is 11.3 Å². The van der Waals surface area contributed by atoms with Crippen LogP contribution in [0.4, 0.5) is 0 Å². The minimum atomic E-state index is 0.0634. The number of rotatable bonds is 9. The van der Waals surface area contributed by atoms with Crippen molar-refractivity contribution in [1.82, 2.24) is 9.55 Å². The van der Waals surface area contributed by atoms with Crippen LogP contribution in [0.1, 0.15) is 51.8 Å². The van der Waals surface area contributed by atoms with Crippen LogP contribution in [0.3, 0.4) is 0 Å². The van der Waals surface area contributed by atoms with Gasteiger partial charge >= 0.3 is 0 Å². The molecule has 0 fully saturated rings. The third kappa shape index (κ3) is 4.78. The summed E-state index contributed by atoms with van der Waals surface area (Å²) in [6, 6.07) is 0.0634. The molecule has 0 aliphatic carbocycles. The van der Waals surface area contributed by atoms with E-state index in [0.717, 1.165) is 38.3 Å². The molecule has 0 amide bonds. The highest BCUT2D eigenvalue weighted by atomic mass is 16.5. The quantitative estimate of drug-likeness (QED) is 0.688. The number of unbranched alkanes of at least 4 members (excludes halogenated alkanes) is 1. The van der Waals surface area contributed by atoms with Crippen LogP contribution in [-0.4, -0.2) is 22.8 Å². The lowest BCUT2D eigenvalue weighted by Gasteiger charge is -2.17. The van der Waals surface area contributed by atoms with Crippen LogP contribution in [0.25, 0.3) is 0 Å². The Labute approximate surface area is 111 Å². The Bertz CT molecular complexity index is 323. The molecule has 0 aromatic carbocycles. The highest BCUT2D eigenvalue weighted by molar-refractivity contribution is 5.05. The largest absolute Gasteiger partial charge is 0.381 e. The van der Waals surface area contributed by atoms with Gasteiger partial charge in [-0.1, -0.05) is 27.2 Å². The van der Waals surface area contributed by atoms with Crippen molar-refractivity contribution < 1.29 is 4.74 Å². The fraction of sp³-hybridized carbons (Fsp3) is 0.786. The van der Waals surface area contributed by atoms with Crippen molar-refractivity contribution >= 4 is 0 Å². The van der Waals surface area contributed by atoms with Gasteiger partial charge in [0.25, 0.3) is 0 Å². The zero-order chi connectivity index (χ0) is 13.4. The van der Waals surface area contributed by atoms with Crippen LogP contribution in [0.2, 0.25) is 0 Å². The second-order valence-electron chi connectivity index (χ2n) is 5.10. The summed E-state index contributed by atoms with van der Waals surface area (Å²) in [4.78, 5) is 4.20.